The van der Waals surface area contributed by atoms with Crippen molar-refractivity contribution in [2.45, 2.75) is 19.0 Å². The molecule has 10 heteroatoms. The maximum atomic E-state index is 13.6. The third-order valence-electron chi connectivity index (χ3n) is 6.06. The second-order valence-corrected chi connectivity index (χ2v) is 8.28. The molecule has 2 heterocycles. The van der Waals surface area contributed by atoms with Gasteiger partial charge in [0.2, 0.25) is 11.7 Å². The van der Waals surface area contributed by atoms with Crippen LogP contribution in [-0.4, -0.2) is 67.3 Å². The van der Waals surface area contributed by atoms with Crippen molar-refractivity contribution in [2.24, 2.45) is 0 Å². The first-order valence-electron chi connectivity index (χ1n) is 10.9. The number of hydrogen-bond donors (Lipinski definition) is 2. The molecule has 0 aliphatic carbocycles. The third-order valence-corrected chi connectivity index (χ3v) is 6.06. The molecule has 1 aromatic heterocycles. The monoisotopic (exact) mass is 482 g/mol. The van der Waals surface area contributed by atoms with Crippen LogP contribution < -0.4 is 14.8 Å². The number of furan rings is 1. The Labute approximate surface area is 201 Å². The molecular weight excluding hydrogens is 456 g/mol. The highest BCUT2D eigenvalue weighted by Crippen LogP contribution is 2.38. The Balaban J connectivity index is 1.66. The first kappa shape index (κ1) is 24.1. The molecule has 1 atom stereocenters. The van der Waals surface area contributed by atoms with Crippen molar-refractivity contribution < 1.29 is 38.1 Å². The van der Waals surface area contributed by atoms with Gasteiger partial charge in [-0.3, -0.25) is 9.59 Å². The fourth-order valence-electron chi connectivity index (χ4n) is 4.06. The van der Waals surface area contributed by atoms with Crippen LogP contribution in [-0.2, 0) is 16.1 Å². The van der Waals surface area contributed by atoms with Crippen LogP contribution in [0, 0.1) is 0 Å². The van der Waals surface area contributed by atoms with Gasteiger partial charge in [0, 0.05) is 25.8 Å². The number of methoxy groups -OCH3 is 2. The van der Waals surface area contributed by atoms with Crippen LogP contribution in [0.2, 0.25) is 0 Å². The topological polar surface area (TPSA) is 128 Å². The lowest BCUT2D eigenvalue weighted by Gasteiger charge is -2.37. The Morgan fingerprint density at radius 3 is 2.69 bits per heavy atom. The zero-order chi connectivity index (χ0) is 25.2. The van der Waals surface area contributed by atoms with E-state index in [0.29, 0.717) is 11.1 Å². The summed E-state index contributed by atoms with van der Waals surface area (Å²) in [6.45, 7) is 1.94. The van der Waals surface area contributed by atoms with Crippen molar-refractivity contribution in [1.29, 1.82) is 0 Å². The van der Waals surface area contributed by atoms with Gasteiger partial charge in [0.25, 0.3) is 5.91 Å². The Bertz CT molecular complexity index is 1280. The number of amides is 2. The molecular formula is C25H26N2O8. The van der Waals surface area contributed by atoms with Crippen molar-refractivity contribution in [1.82, 2.24) is 10.2 Å². The molecule has 2 amide bonds. The number of hydrogen-bond acceptors (Lipinski definition) is 7. The van der Waals surface area contributed by atoms with Crippen LogP contribution in [0.4, 0.5) is 0 Å². The smallest absolute Gasteiger partial charge is 0.335 e. The van der Waals surface area contributed by atoms with Crippen molar-refractivity contribution in [3.63, 3.8) is 0 Å². The molecule has 0 fully saturated rings. The lowest BCUT2D eigenvalue weighted by Crippen LogP contribution is -2.61. The van der Waals surface area contributed by atoms with E-state index >= 15 is 0 Å². The minimum absolute atomic E-state index is 0.0191. The molecule has 2 aromatic carbocycles. The lowest BCUT2D eigenvalue weighted by molar-refractivity contribution is -0.133. The van der Waals surface area contributed by atoms with Crippen molar-refractivity contribution in [2.75, 3.05) is 34.0 Å². The van der Waals surface area contributed by atoms with E-state index in [4.69, 9.17) is 18.6 Å². The van der Waals surface area contributed by atoms with Crippen LogP contribution >= 0.6 is 0 Å². The third kappa shape index (κ3) is 4.40. The molecule has 1 unspecified atom stereocenters. The number of carbonyl (C=O) groups excluding carboxylic acids is 2. The molecule has 10 nitrogen and oxygen atoms in total. The maximum absolute atomic E-state index is 13.6. The number of carboxylic acid groups (broad SMARTS) is 1. The van der Waals surface area contributed by atoms with E-state index in [1.54, 1.807) is 20.1 Å². The van der Waals surface area contributed by atoms with Gasteiger partial charge in [-0.25, -0.2) is 4.79 Å². The van der Waals surface area contributed by atoms with E-state index in [-0.39, 0.29) is 49.0 Å². The molecule has 0 spiro atoms. The summed E-state index contributed by atoms with van der Waals surface area (Å²) in [5.41, 5.74) is -0.375. The Kier molecular flexibility index (Phi) is 6.65. The van der Waals surface area contributed by atoms with Gasteiger partial charge < -0.3 is 34.0 Å². The van der Waals surface area contributed by atoms with Crippen LogP contribution in [0.5, 0.6) is 11.5 Å². The van der Waals surface area contributed by atoms with Crippen LogP contribution in [0.3, 0.4) is 0 Å². The van der Waals surface area contributed by atoms with E-state index in [2.05, 4.69) is 5.32 Å². The molecule has 1 aliphatic heterocycles. The van der Waals surface area contributed by atoms with E-state index in [0.717, 1.165) is 5.56 Å². The summed E-state index contributed by atoms with van der Waals surface area (Å²) in [6.07, 6.45) is 0. The van der Waals surface area contributed by atoms with Crippen LogP contribution in [0.25, 0.3) is 11.0 Å². The number of carboxylic acids is 1. The average Bonchev–Trinajstić information content (AvgIpc) is 3.19. The second kappa shape index (κ2) is 9.67. The summed E-state index contributed by atoms with van der Waals surface area (Å²) < 4.78 is 22.3. The number of rotatable bonds is 8. The average molecular weight is 482 g/mol. The van der Waals surface area contributed by atoms with E-state index < -0.39 is 23.3 Å². The van der Waals surface area contributed by atoms with Crippen LogP contribution in [0.15, 0.2) is 46.9 Å². The highest BCUT2D eigenvalue weighted by Gasteiger charge is 2.47. The standard InChI is InChI=1S/C25H26N2O8/c1-25(24(31)26-13-16-6-4-5-7-18(16)33-3)14-34-20-17-9-8-15(23(29)30)12-19(17)35-21(20)22(28)27(25)10-11-32-2/h4-9,12H,10-11,13-14H2,1-3H3,(H,26,31)(H,29,30). The number of benzene rings is 2. The van der Waals surface area contributed by atoms with Gasteiger partial charge in [-0.1, -0.05) is 18.2 Å². The van der Waals surface area contributed by atoms with Gasteiger partial charge in [0.05, 0.1) is 24.7 Å². The first-order chi connectivity index (χ1) is 16.8. The maximum Gasteiger partial charge on any atom is 0.335 e. The summed E-state index contributed by atoms with van der Waals surface area (Å²) in [7, 11) is 3.05. The largest absolute Gasteiger partial charge is 0.496 e. The minimum Gasteiger partial charge on any atom is -0.496 e. The number of nitrogens with one attached hydrogen (secondary N) is 1. The molecule has 4 rings (SSSR count). The van der Waals surface area contributed by atoms with Crippen molar-refractivity contribution >= 4 is 28.8 Å². The Morgan fingerprint density at radius 1 is 1.20 bits per heavy atom. The van der Waals surface area contributed by atoms with Crippen molar-refractivity contribution in [3.05, 3.63) is 59.4 Å². The zero-order valence-corrected chi connectivity index (χ0v) is 19.6. The van der Waals surface area contributed by atoms with Crippen LogP contribution in [0.1, 0.15) is 33.4 Å². The van der Waals surface area contributed by atoms with Gasteiger partial charge in [0.1, 0.15) is 17.9 Å². The zero-order valence-electron chi connectivity index (χ0n) is 19.6. The molecule has 0 bridgehead atoms. The normalized spacial score (nSPS) is 17.5. The minimum atomic E-state index is -1.38. The Morgan fingerprint density at radius 2 is 1.97 bits per heavy atom. The van der Waals surface area contributed by atoms with Gasteiger partial charge >= 0.3 is 5.97 Å². The number of ether oxygens (including phenoxy) is 3. The summed E-state index contributed by atoms with van der Waals surface area (Å²) in [4.78, 5) is 39.8. The second-order valence-electron chi connectivity index (χ2n) is 8.28. The van der Waals surface area contributed by atoms with Gasteiger partial charge in [-0.15, -0.1) is 0 Å². The molecule has 0 radical (unpaired) electrons. The number of aromatic carboxylic acids is 1. The predicted molar refractivity (Wildman–Crippen MR) is 125 cm³/mol. The first-order valence-corrected chi connectivity index (χ1v) is 10.9. The van der Waals surface area contributed by atoms with Gasteiger partial charge in [0.15, 0.2) is 11.3 Å². The number of carbonyl (C=O) groups is 3. The summed E-state index contributed by atoms with van der Waals surface area (Å²) in [5, 5.41) is 12.6. The van der Waals surface area contributed by atoms with Gasteiger partial charge in [-0.2, -0.15) is 0 Å². The summed E-state index contributed by atoms with van der Waals surface area (Å²) in [6, 6.07) is 11.6. The van der Waals surface area contributed by atoms with Gasteiger partial charge in [-0.05, 0) is 31.2 Å². The van der Waals surface area contributed by atoms with E-state index in [1.807, 2.05) is 18.2 Å². The lowest BCUT2D eigenvalue weighted by atomic mass is 9.99. The van der Waals surface area contributed by atoms with E-state index in [9.17, 15) is 19.5 Å². The number of fused-ring (bicyclic) bond motifs is 3. The summed E-state index contributed by atoms with van der Waals surface area (Å²) in [5.74, 6) is -1.39. The molecule has 2 N–H and O–H groups in total. The van der Waals surface area contributed by atoms with Crippen molar-refractivity contribution in [3.8, 4) is 11.5 Å². The molecule has 0 saturated carbocycles. The highest BCUT2D eigenvalue weighted by atomic mass is 16.5. The van der Waals surface area contributed by atoms with E-state index in [1.165, 1.54) is 30.2 Å². The predicted octanol–water partition coefficient (Wildman–Crippen LogP) is 2.70. The number of nitrogens with zero attached hydrogens (tertiary/aromatic N) is 1. The summed E-state index contributed by atoms with van der Waals surface area (Å²) >= 11 is 0. The molecule has 3 aromatic rings. The number of para-hydroxylation sites is 1. The SMILES string of the molecule is COCCN1C(=O)c2oc3cc(C(=O)O)ccc3c2OCC1(C)C(=O)NCc1ccccc1OC. The fourth-order valence-corrected chi connectivity index (χ4v) is 4.06. The molecule has 1 aliphatic rings. The molecule has 184 valence electrons. The quantitative estimate of drug-likeness (QED) is 0.502. The Hall–Kier alpha value is -4.05. The molecule has 0 saturated heterocycles. The fraction of sp³-hybridized carbons (Fsp3) is 0.320. The highest BCUT2D eigenvalue weighted by molar-refractivity contribution is 6.05. The molecule has 35 heavy (non-hydrogen) atoms.